The molecule has 0 aromatic heterocycles. The highest BCUT2D eigenvalue weighted by Crippen LogP contribution is 2.34. The third-order valence-corrected chi connectivity index (χ3v) is 2.74. The summed E-state index contributed by atoms with van der Waals surface area (Å²) in [4.78, 5) is 0. The monoisotopic (exact) mass is 275 g/mol. The summed E-state index contributed by atoms with van der Waals surface area (Å²) in [7, 11) is 1.41. The summed E-state index contributed by atoms with van der Waals surface area (Å²) in [6.45, 7) is 0. The molecule has 4 nitrogen and oxygen atoms in total. The number of ether oxygens (including phenoxy) is 1. The van der Waals surface area contributed by atoms with Gasteiger partial charge in [-0.05, 0) is 24.3 Å². The van der Waals surface area contributed by atoms with Crippen LogP contribution < -0.4 is 15.8 Å². The molecule has 0 atom stereocenters. The Balaban J connectivity index is 2.56. The van der Waals surface area contributed by atoms with Crippen molar-refractivity contribution in [1.82, 2.24) is 0 Å². The second kappa shape index (κ2) is 5.45. The predicted octanol–water partition coefficient (Wildman–Crippen LogP) is 3.17. The first-order valence-corrected chi connectivity index (χ1v) is 5.66. The van der Waals surface area contributed by atoms with Crippen molar-refractivity contribution in [1.29, 1.82) is 5.26 Å². The number of methoxy groups -OCH3 is 1. The third-order valence-electron chi connectivity index (χ3n) is 2.74. The van der Waals surface area contributed by atoms with Crippen LogP contribution in [0.5, 0.6) is 5.75 Å². The maximum Gasteiger partial charge on any atom is 0.184 e. The zero-order valence-electron chi connectivity index (χ0n) is 10.6. The molecule has 6 heteroatoms. The van der Waals surface area contributed by atoms with E-state index in [1.807, 2.05) is 6.07 Å². The molecule has 3 N–H and O–H groups in total. The molecule has 0 aliphatic heterocycles. The van der Waals surface area contributed by atoms with Crippen LogP contribution in [0.1, 0.15) is 5.56 Å². The fourth-order valence-corrected chi connectivity index (χ4v) is 1.74. The molecule has 0 saturated carbocycles. The highest BCUT2D eigenvalue weighted by molar-refractivity contribution is 5.79. The van der Waals surface area contributed by atoms with E-state index >= 15 is 0 Å². The molecule has 2 rings (SSSR count). The highest BCUT2D eigenvalue weighted by Gasteiger charge is 2.16. The van der Waals surface area contributed by atoms with E-state index in [-0.39, 0.29) is 22.6 Å². The number of nitriles is 1. The van der Waals surface area contributed by atoms with E-state index in [1.54, 1.807) is 12.1 Å². The molecule has 102 valence electrons. The Bertz CT molecular complexity index is 696. The topological polar surface area (TPSA) is 71.1 Å². The predicted molar refractivity (Wildman–Crippen MR) is 71.8 cm³/mol. The fraction of sp³-hybridized carbons (Fsp3) is 0.0714. The lowest BCUT2D eigenvalue weighted by Crippen LogP contribution is -2.04. The molecule has 2 aromatic carbocycles. The average molecular weight is 275 g/mol. The van der Waals surface area contributed by atoms with Gasteiger partial charge in [0.25, 0.3) is 0 Å². The molecule has 20 heavy (non-hydrogen) atoms. The normalized spacial score (nSPS) is 9.90. The van der Waals surface area contributed by atoms with Gasteiger partial charge < -0.3 is 15.8 Å². The van der Waals surface area contributed by atoms with Gasteiger partial charge in [-0.1, -0.05) is 6.07 Å². The summed E-state index contributed by atoms with van der Waals surface area (Å²) < 4.78 is 32.1. The van der Waals surface area contributed by atoms with Gasteiger partial charge in [0.05, 0.1) is 24.0 Å². The van der Waals surface area contributed by atoms with Gasteiger partial charge in [0.1, 0.15) is 17.5 Å². The van der Waals surface area contributed by atoms with Gasteiger partial charge in [0, 0.05) is 0 Å². The van der Waals surface area contributed by atoms with Gasteiger partial charge in [-0.15, -0.1) is 0 Å². The van der Waals surface area contributed by atoms with Crippen LogP contribution in [0.25, 0.3) is 0 Å². The Kier molecular flexibility index (Phi) is 3.71. The average Bonchev–Trinajstić information content (AvgIpc) is 2.47. The fourth-order valence-electron chi connectivity index (χ4n) is 1.74. The molecule has 0 aliphatic rings. The van der Waals surface area contributed by atoms with Crippen LogP contribution in [-0.2, 0) is 0 Å². The van der Waals surface area contributed by atoms with Crippen molar-refractivity contribution in [2.45, 2.75) is 0 Å². The zero-order valence-corrected chi connectivity index (χ0v) is 10.6. The van der Waals surface area contributed by atoms with Crippen LogP contribution in [0.4, 0.5) is 25.8 Å². The van der Waals surface area contributed by atoms with Crippen molar-refractivity contribution in [3.63, 3.8) is 0 Å². The van der Waals surface area contributed by atoms with Crippen molar-refractivity contribution in [3.05, 3.63) is 47.5 Å². The molecular weight excluding hydrogens is 264 g/mol. The summed E-state index contributed by atoms with van der Waals surface area (Å²) >= 11 is 0. The van der Waals surface area contributed by atoms with Gasteiger partial charge >= 0.3 is 0 Å². The second-order valence-electron chi connectivity index (χ2n) is 3.95. The smallest absolute Gasteiger partial charge is 0.184 e. The van der Waals surface area contributed by atoms with E-state index in [9.17, 15) is 8.78 Å². The Morgan fingerprint density at radius 1 is 1.20 bits per heavy atom. The van der Waals surface area contributed by atoms with Gasteiger partial charge in [-0.3, -0.25) is 0 Å². The SMILES string of the molecule is COc1cccc(C#N)c1Nc1c(N)ccc(F)c1F. The van der Waals surface area contributed by atoms with Crippen LogP contribution in [0.3, 0.4) is 0 Å². The number of nitrogens with two attached hydrogens (primary N) is 1. The van der Waals surface area contributed by atoms with Crippen molar-refractivity contribution in [3.8, 4) is 11.8 Å². The Morgan fingerprint density at radius 3 is 2.60 bits per heavy atom. The van der Waals surface area contributed by atoms with Gasteiger partial charge in [0.15, 0.2) is 11.6 Å². The van der Waals surface area contributed by atoms with Gasteiger partial charge in [-0.25, -0.2) is 8.78 Å². The Morgan fingerprint density at radius 2 is 1.95 bits per heavy atom. The summed E-state index contributed by atoms with van der Waals surface area (Å²) in [5.41, 5.74) is 5.88. The number of benzene rings is 2. The standard InChI is InChI=1S/C14H11F2N3O/c1-20-11-4-2-3-8(7-17)13(11)19-14-10(18)6-5-9(15)12(14)16/h2-6,19H,18H2,1H3. The molecule has 0 amide bonds. The molecule has 0 aliphatic carbocycles. The molecular formula is C14H11F2N3O. The van der Waals surface area contributed by atoms with E-state index in [2.05, 4.69) is 5.32 Å². The number of hydrogen-bond donors (Lipinski definition) is 2. The van der Waals surface area contributed by atoms with E-state index < -0.39 is 11.6 Å². The summed E-state index contributed by atoms with van der Waals surface area (Å²) in [5, 5.41) is 11.7. The van der Waals surface area contributed by atoms with Crippen LogP contribution in [0, 0.1) is 23.0 Å². The van der Waals surface area contributed by atoms with Crippen molar-refractivity contribution >= 4 is 17.1 Å². The quantitative estimate of drug-likeness (QED) is 0.844. The van der Waals surface area contributed by atoms with Crippen LogP contribution in [-0.4, -0.2) is 7.11 Å². The van der Waals surface area contributed by atoms with Crippen LogP contribution in [0.2, 0.25) is 0 Å². The molecule has 0 fully saturated rings. The molecule has 0 unspecified atom stereocenters. The molecule has 2 aromatic rings. The largest absolute Gasteiger partial charge is 0.495 e. The minimum absolute atomic E-state index is 0.0266. The minimum Gasteiger partial charge on any atom is -0.495 e. The summed E-state index contributed by atoms with van der Waals surface area (Å²) in [6, 6.07) is 8.86. The number of halogens is 2. The van der Waals surface area contributed by atoms with Crippen molar-refractivity contribution in [2.75, 3.05) is 18.2 Å². The number of rotatable bonds is 3. The molecule has 0 heterocycles. The lowest BCUT2D eigenvalue weighted by Gasteiger charge is -2.15. The number of anilines is 3. The molecule has 0 spiro atoms. The number of hydrogen-bond acceptors (Lipinski definition) is 4. The van der Waals surface area contributed by atoms with E-state index in [0.29, 0.717) is 5.75 Å². The van der Waals surface area contributed by atoms with Gasteiger partial charge in [-0.2, -0.15) is 5.26 Å². The summed E-state index contributed by atoms with van der Waals surface area (Å²) in [5.74, 6) is -1.82. The van der Waals surface area contributed by atoms with E-state index in [4.69, 9.17) is 15.7 Å². The Labute approximate surface area is 114 Å². The van der Waals surface area contributed by atoms with E-state index in [0.717, 1.165) is 6.07 Å². The maximum atomic E-state index is 13.8. The number of nitrogen functional groups attached to an aromatic ring is 1. The first-order valence-electron chi connectivity index (χ1n) is 5.66. The van der Waals surface area contributed by atoms with Crippen molar-refractivity contribution < 1.29 is 13.5 Å². The molecule has 0 saturated heterocycles. The van der Waals surface area contributed by atoms with Crippen molar-refractivity contribution in [2.24, 2.45) is 0 Å². The minimum atomic E-state index is -1.11. The number of nitrogens with one attached hydrogen (secondary N) is 1. The van der Waals surface area contributed by atoms with Crippen LogP contribution >= 0.6 is 0 Å². The molecule has 0 bridgehead atoms. The number of para-hydroxylation sites is 1. The highest BCUT2D eigenvalue weighted by atomic mass is 19.2. The lowest BCUT2D eigenvalue weighted by atomic mass is 10.1. The second-order valence-corrected chi connectivity index (χ2v) is 3.95. The number of nitrogens with zero attached hydrogens (tertiary/aromatic N) is 1. The van der Waals surface area contributed by atoms with E-state index in [1.165, 1.54) is 19.2 Å². The summed E-state index contributed by atoms with van der Waals surface area (Å²) in [6.07, 6.45) is 0. The third kappa shape index (κ3) is 2.34. The maximum absolute atomic E-state index is 13.8. The molecule has 0 radical (unpaired) electrons. The Hall–Kier alpha value is -2.81. The lowest BCUT2D eigenvalue weighted by molar-refractivity contribution is 0.416. The van der Waals surface area contributed by atoms with Crippen LogP contribution in [0.15, 0.2) is 30.3 Å². The first-order chi connectivity index (χ1) is 9.58. The first kappa shape index (κ1) is 13.6. The van der Waals surface area contributed by atoms with Gasteiger partial charge in [0.2, 0.25) is 0 Å². The zero-order chi connectivity index (χ0) is 14.7.